The van der Waals surface area contributed by atoms with Gasteiger partial charge in [0.2, 0.25) is 5.91 Å². The summed E-state index contributed by atoms with van der Waals surface area (Å²) < 4.78 is 29.0. The number of benzene rings is 2. The molecule has 3 unspecified atom stereocenters. The monoisotopic (exact) mass is 462 g/mol. The second-order valence-electron chi connectivity index (χ2n) is 8.78. The maximum absolute atomic E-state index is 12.7. The van der Waals surface area contributed by atoms with Gasteiger partial charge in [-0.1, -0.05) is 18.2 Å². The molecule has 3 aromatic rings. The van der Waals surface area contributed by atoms with E-state index in [0.717, 1.165) is 54.4 Å². The van der Waals surface area contributed by atoms with E-state index < -0.39 is 10.0 Å². The molecule has 8 heteroatoms. The molecule has 1 saturated heterocycles. The third kappa shape index (κ3) is 4.96. The Morgan fingerprint density at radius 3 is 2.76 bits per heavy atom. The summed E-state index contributed by atoms with van der Waals surface area (Å²) in [7, 11) is -3.71. The summed E-state index contributed by atoms with van der Waals surface area (Å²) in [5.74, 6) is 0.120. The van der Waals surface area contributed by atoms with Crippen molar-refractivity contribution in [3.8, 4) is 0 Å². The molecule has 1 aliphatic heterocycles. The molecule has 1 aliphatic carbocycles. The Hall–Kier alpha value is -3.10. The number of rotatable bonds is 6. The predicted molar refractivity (Wildman–Crippen MR) is 129 cm³/mol. The molecule has 0 bridgehead atoms. The second kappa shape index (κ2) is 9.03. The summed E-state index contributed by atoms with van der Waals surface area (Å²) in [4.78, 5) is 17.0. The average molecular weight is 463 g/mol. The van der Waals surface area contributed by atoms with E-state index in [0.29, 0.717) is 0 Å². The lowest BCUT2D eigenvalue weighted by Gasteiger charge is -2.18. The zero-order chi connectivity index (χ0) is 22.8. The van der Waals surface area contributed by atoms with Crippen molar-refractivity contribution in [1.29, 1.82) is 0 Å². The molecular weight excluding hydrogens is 436 g/mol. The maximum Gasteiger partial charge on any atom is 0.281 e. The Kier molecular flexibility index (Phi) is 5.95. The summed E-state index contributed by atoms with van der Waals surface area (Å²) in [6.07, 6.45) is 7.81. The molecule has 0 spiro atoms. The van der Waals surface area contributed by atoms with E-state index in [1.807, 2.05) is 24.3 Å². The molecule has 1 amide bonds. The second-order valence-corrected chi connectivity index (χ2v) is 10.4. The number of aromatic nitrogens is 1. The van der Waals surface area contributed by atoms with Gasteiger partial charge >= 0.3 is 0 Å². The Morgan fingerprint density at radius 2 is 1.97 bits per heavy atom. The minimum atomic E-state index is -3.71. The molecular formula is C25H26N4O3S. The van der Waals surface area contributed by atoms with E-state index in [9.17, 15) is 13.2 Å². The van der Waals surface area contributed by atoms with Crippen LogP contribution in [0.3, 0.4) is 0 Å². The topological polar surface area (TPSA) is 101 Å². The number of fused-ring (bicyclic) bond motifs is 1. The number of hydrogen-bond donors (Lipinski definition) is 2. The van der Waals surface area contributed by atoms with E-state index in [2.05, 4.69) is 20.0 Å². The van der Waals surface area contributed by atoms with Crippen molar-refractivity contribution >= 4 is 38.6 Å². The number of anilines is 1. The summed E-state index contributed by atoms with van der Waals surface area (Å²) in [5, 5.41) is 8.30. The minimum absolute atomic E-state index is 0.0178. The first-order valence-electron chi connectivity index (χ1n) is 11.3. The van der Waals surface area contributed by atoms with Crippen LogP contribution < -0.4 is 10.6 Å². The number of pyridine rings is 1. The van der Waals surface area contributed by atoms with Crippen LogP contribution in [0.1, 0.15) is 30.7 Å². The van der Waals surface area contributed by atoms with Gasteiger partial charge in [-0.15, -0.1) is 0 Å². The normalized spacial score (nSPS) is 23.0. The van der Waals surface area contributed by atoms with E-state index in [-0.39, 0.29) is 28.6 Å². The molecule has 2 heterocycles. The first kappa shape index (κ1) is 21.7. The third-order valence-corrected chi connectivity index (χ3v) is 7.65. The molecule has 33 heavy (non-hydrogen) atoms. The molecule has 0 radical (unpaired) electrons. The summed E-state index contributed by atoms with van der Waals surface area (Å²) in [5.41, 5.74) is 1.73. The fourth-order valence-corrected chi connectivity index (χ4v) is 5.30. The molecule has 2 fully saturated rings. The number of carbonyl (C=O) groups excluding carboxylic acids is 1. The maximum atomic E-state index is 12.7. The highest BCUT2D eigenvalue weighted by atomic mass is 32.2. The van der Waals surface area contributed by atoms with E-state index in [1.54, 1.807) is 42.9 Å². The van der Waals surface area contributed by atoms with Gasteiger partial charge in [0.15, 0.2) is 0 Å². The highest BCUT2D eigenvalue weighted by Gasteiger charge is 2.44. The zero-order valence-corrected chi connectivity index (χ0v) is 19.0. The van der Waals surface area contributed by atoms with Crippen molar-refractivity contribution in [2.24, 2.45) is 16.2 Å². The van der Waals surface area contributed by atoms with Crippen LogP contribution in [-0.2, 0) is 14.8 Å². The summed E-state index contributed by atoms with van der Waals surface area (Å²) >= 11 is 0. The number of piperidine rings is 1. The van der Waals surface area contributed by atoms with Gasteiger partial charge < -0.3 is 10.6 Å². The quantitative estimate of drug-likeness (QED) is 0.544. The summed E-state index contributed by atoms with van der Waals surface area (Å²) in [6.45, 7) is 1.73. The Balaban J connectivity index is 1.21. The first-order valence-corrected chi connectivity index (χ1v) is 12.7. The fraction of sp³-hybridized carbons (Fsp3) is 0.320. The zero-order valence-electron chi connectivity index (χ0n) is 18.1. The lowest BCUT2D eigenvalue weighted by Crippen LogP contribution is -2.30. The molecule has 170 valence electrons. The van der Waals surface area contributed by atoms with Crippen LogP contribution >= 0.6 is 0 Å². The van der Waals surface area contributed by atoms with Gasteiger partial charge in [0.25, 0.3) is 10.0 Å². The molecule has 2 aromatic carbocycles. The van der Waals surface area contributed by atoms with E-state index >= 15 is 0 Å². The van der Waals surface area contributed by atoms with Crippen LogP contribution in [0, 0.1) is 11.8 Å². The van der Waals surface area contributed by atoms with Crippen molar-refractivity contribution in [3.05, 3.63) is 66.5 Å². The molecule has 1 aromatic heterocycles. The van der Waals surface area contributed by atoms with Gasteiger partial charge in [-0.25, -0.2) is 0 Å². The fourth-order valence-electron chi connectivity index (χ4n) is 4.37. The van der Waals surface area contributed by atoms with E-state index in [4.69, 9.17) is 0 Å². The van der Waals surface area contributed by atoms with Crippen LogP contribution in [0.15, 0.2) is 70.2 Å². The van der Waals surface area contributed by atoms with Crippen molar-refractivity contribution in [2.75, 3.05) is 18.4 Å². The molecule has 7 nitrogen and oxygen atoms in total. The summed E-state index contributed by atoms with van der Waals surface area (Å²) in [6, 6.07) is 14.4. The molecule has 5 rings (SSSR count). The highest BCUT2D eigenvalue weighted by Crippen LogP contribution is 2.48. The minimum Gasteiger partial charge on any atom is -0.326 e. The van der Waals surface area contributed by atoms with Crippen LogP contribution in [0.2, 0.25) is 0 Å². The van der Waals surface area contributed by atoms with Gasteiger partial charge in [0, 0.05) is 48.1 Å². The Bertz CT molecular complexity index is 1300. The number of carbonyl (C=O) groups is 1. The number of amides is 1. The van der Waals surface area contributed by atoms with E-state index in [1.165, 1.54) is 0 Å². The van der Waals surface area contributed by atoms with Crippen LogP contribution in [-0.4, -0.2) is 38.6 Å². The van der Waals surface area contributed by atoms with Crippen LogP contribution in [0.25, 0.3) is 10.8 Å². The molecule has 2 aliphatic rings. The number of nitrogens with zero attached hydrogens (tertiary/aromatic N) is 2. The first-order chi connectivity index (χ1) is 16.0. The SMILES string of the molecule is O=C(Nc1ccc2cnccc2c1)C1CC1c1ccc(S(=O)(=O)N=CC2CCCNC2)cc1. The molecule has 2 N–H and O–H groups in total. The highest BCUT2D eigenvalue weighted by molar-refractivity contribution is 7.90. The predicted octanol–water partition coefficient (Wildman–Crippen LogP) is 3.74. The lowest BCUT2D eigenvalue weighted by atomic mass is 10.0. The van der Waals surface area contributed by atoms with Crippen molar-refractivity contribution in [1.82, 2.24) is 10.3 Å². The van der Waals surface area contributed by atoms with Crippen molar-refractivity contribution in [3.63, 3.8) is 0 Å². The number of nitrogens with one attached hydrogen (secondary N) is 2. The average Bonchev–Trinajstić information content (AvgIpc) is 3.65. The number of hydrogen-bond acceptors (Lipinski definition) is 5. The lowest BCUT2D eigenvalue weighted by molar-refractivity contribution is -0.117. The van der Waals surface area contributed by atoms with Crippen LogP contribution in [0.5, 0.6) is 0 Å². The molecule has 1 saturated carbocycles. The number of sulfonamides is 1. The van der Waals surface area contributed by atoms with Gasteiger partial charge in [0.1, 0.15) is 0 Å². The third-order valence-electron chi connectivity index (χ3n) is 6.39. The van der Waals surface area contributed by atoms with Gasteiger partial charge in [-0.2, -0.15) is 12.8 Å². The largest absolute Gasteiger partial charge is 0.326 e. The van der Waals surface area contributed by atoms with Crippen molar-refractivity contribution in [2.45, 2.75) is 30.1 Å². The van der Waals surface area contributed by atoms with Crippen molar-refractivity contribution < 1.29 is 13.2 Å². The van der Waals surface area contributed by atoms with Gasteiger partial charge in [0.05, 0.1) is 4.90 Å². The smallest absolute Gasteiger partial charge is 0.281 e. The Morgan fingerprint density at radius 1 is 1.12 bits per heavy atom. The van der Waals surface area contributed by atoms with Crippen LogP contribution in [0.4, 0.5) is 5.69 Å². The standard InChI is InChI=1S/C25H26N4O3S/c30-25(29-21-6-3-20-16-27-11-9-19(20)12-21)24-13-23(24)18-4-7-22(8-5-18)33(31,32)28-15-17-2-1-10-26-14-17/h3-9,11-12,15-17,23-24,26H,1-2,10,13-14H2,(H,29,30). The molecule has 3 atom stereocenters. The Labute approximate surface area is 193 Å². The van der Waals surface area contributed by atoms with Gasteiger partial charge in [-0.3, -0.25) is 9.78 Å². The van der Waals surface area contributed by atoms with Gasteiger partial charge in [-0.05, 0) is 73.0 Å².